The van der Waals surface area contributed by atoms with Crippen LogP contribution in [0.2, 0.25) is 0 Å². The molecule has 0 saturated heterocycles. The molecule has 4 heteroatoms. The monoisotopic (exact) mass is 200 g/mol. The van der Waals surface area contributed by atoms with Gasteiger partial charge in [0.2, 0.25) is 12.3 Å². The summed E-state index contributed by atoms with van der Waals surface area (Å²) in [4.78, 5) is 21.0. The molecule has 0 aromatic heterocycles. The minimum Gasteiger partial charge on any atom is -0.354 e. The van der Waals surface area contributed by atoms with Crippen LogP contribution in [0.4, 0.5) is 0 Å². The maximum atomic E-state index is 11.1. The van der Waals surface area contributed by atoms with E-state index in [9.17, 15) is 9.59 Å². The van der Waals surface area contributed by atoms with E-state index in [1.807, 2.05) is 0 Å². The van der Waals surface area contributed by atoms with Crippen LogP contribution < -0.4 is 10.6 Å². The normalized spacial score (nSPS) is 13.1. The first-order valence-corrected chi connectivity index (χ1v) is 4.81. The van der Waals surface area contributed by atoms with Gasteiger partial charge in [-0.15, -0.1) is 0 Å². The molecule has 2 amide bonds. The molecule has 1 atom stereocenters. The average Bonchev–Trinajstić information content (AvgIpc) is 2.09. The van der Waals surface area contributed by atoms with Gasteiger partial charge >= 0.3 is 0 Å². The molecule has 0 rings (SSSR count). The summed E-state index contributed by atoms with van der Waals surface area (Å²) in [6.07, 6.45) is 0.521. The van der Waals surface area contributed by atoms with E-state index in [1.54, 1.807) is 0 Å². The number of hydrogen-bond acceptors (Lipinski definition) is 2. The van der Waals surface area contributed by atoms with E-state index < -0.39 is 0 Å². The highest BCUT2D eigenvalue weighted by Gasteiger charge is 2.19. The average molecular weight is 200 g/mol. The van der Waals surface area contributed by atoms with E-state index in [-0.39, 0.29) is 17.9 Å². The van der Waals surface area contributed by atoms with Crippen molar-refractivity contribution in [3.8, 4) is 0 Å². The van der Waals surface area contributed by atoms with Crippen molar-refractivity contribution in [2.75, 3.05) is 13.1 Å². The Morgan fingerprint density at radius 3 is 2.43 bits per heavy atom. The summed E-state index contributed by atoms with van der Waals surface area (Å²) in [6.45, 7) is 9.19. The van der Waals surface area contributed by atoms with E-state index in [0.717, 1.165) is 0 Å². The van der Waals surface area contributed by atoms with Gasteiger partial charge in [0, 0.05) is 6.54 Å². The fourth-order valence-electron chi connectivity index (χ4n) is 0.770. The molecule has 4 nitrogen and oxygen atoms in total. The van der Waals surface area contributed by atoms with Crippen LogP contribution >= 0.6 is 0 Å². The molecule has 0 aromatic rings. The fraction of sp³-hybridized carbons (Fsp3) is 0.800. The van der Waals surface area contributed by atoms with Crippen molar-refractivity contribution < 1.29 is 9.59 Å². The first-order chi connectivity index (χ1) is 6.38. The highest BCUT2D eigenvalue weighted by molar-refractivity contribution is 5.79. The van der Waals surface area contributed by atoms with Crippen molar-refractivity contribution in [3.05, 3.63) is 0 Å². The van der Waals surface area contributed by atoms with Crippen LogP contribution in [0.15, 0.2) is 0 Å². The van der Waals surface area contributed by atoms with Gasteiger partial charge in [0.15, 0.2) is 0 Å². The Hall–Kier alpha value is -1.06. The zero-order chi connectivity index (χ0) is 11.2. The topological polar surface area (TPSA) is 58.2 Å². The first-order valence-electron chi connectivity index (χ1n) is 4.81. The van der Waals surface area contributed by atoms with Crippen LogP contribution in [-0.4, -0.2) is 25.4 Å². The van der Waals surface area contributed by atoms with E-state index in [2.05, 4.69) is 38.3 Å². The molecule has 0 spiro atoms. The number of carbonyl (C=O) groups excluding carboxylic acids is 2. The van der Waals surface area contributed by atoms with Gasteiger partial charge in [-0.2, -0.15) is 0 Å². The summed E-state index contributed by atoms with van der Waals surface area (Å²) in [5.74, 6) is 0.260. The highest BCUT2D eigenvalue weighted by atomic mass is 16.2. The molecule has 0 aliphatic rings. The Bertz CT molecular complexity index is 197. The number of hydrogen-bond donors (Lipinski definition) is 2. The number of nitrogens with one attached hydrogen (secondary N) is 2. The quantitative estimate of drug-likeness (QED) is 0.636. The number of carbonyl (C=O) groups is 2. The molecule has 2 N–H and O–H groups in total. The van der Waals surface area contributed by atoms with Gasteiger partial charge in [-0.1, -0.05) is 27.7 Å². The van der Waals surface area contributed by atoms with Gasteiger partial charge in [-0.25, -0.2) is 0 Å². The molecule has 0 aliphatic carbocycles. The largest absolute Gasteiger partial charge is 0.354 e. The van der Waals surface area contributed by atoms with E-state index in [4.69, 9.17) is 0 Å². The predicted octanol–water partition coefficient (Wildman–Crippen LogP) is 0.531. The number of amides is 2. The van der Waals surface area contributed by atoms with Crippen LogP contribution in [0, 0.1) is 11.3 Å². The first kappa shape index (κ1) is 12.9. The minimum absolute atomic E-state index is 0.0559. The lowest BCUT2D eigenvalue weighted by atomic mass is 9.82. The van der Waals surface area contributed by atoms with Gasteiger partial charge in [0.1, 0.15) is 0 Å². The summed E-state index contributed by atoms with van der Waals surface area (Å²) in [5.41, 5.74) is 0.186. The zero-order valence-corrected chi connectivity index (χ0v) is 9.39. The second-order valence-electron chi connectivity index (χ2n) is 4.57. The second kappa shape index (κ2) is 5.62. The molecule has 0 aliphatic heterocycles. The van der Waals surface area contributed by atoms with Crippen molar-refractivity contribution in [2.24, 2.45) is 11.3 Å². The Morgan fingerprint density at radius 2 is 2.00 bits per heavy atom. The van der Waals surface area contributed by atoms with Crippen molar-refractivity contribution in [1.29, 1.82) is 0 Å². The Balaban J connectivity index is 3.72. The third-order valence-electron chi connectivity index (χ3n) is 2.43. The van der Waals surface area contributed by atoms with Crippen molar-refractivity contribution >= 4 is 12.3 Å². The fourth-order valence-corrected chi connectivity index (χ4v) is 0.770. The molecule has 0 saturated carbocycles. The summed E-state index contributed by atoms with van der Waals surface area (Å²) in [6, 6.07) is 0. The Labute approximate surface area is 85.4 Å². The Kier molecular flexibility index (Phi) is 5.20. The zero-order valence-electron chi connectivity index (χ0n) is 9.39. The van der Waals surface area contributed by atoms with E-state index in [1.165, 1.54) is 0 Å². The van der Waals surface area contributed by atoms with Gasteiger partial charge in [-0.05, 0) is 11.3 Å². The van der Waals surface area contributed by atoms with Crippen molar-refractivity contribution in [3.63, 3.8) is 0 Å². The summed E-state index contributed by atoms with van der Waals surface area (Å²) < 4.78 is 0. The Morgan fingerprint density at radius 1 is 1.43 bits per heavy atom. The molecular weight excluding hydrogens is 180 g/mol. The van der Waals surface area contributed by atoms with E-state index >= 15 is 0 Å². The molecular formula is C10H20N2O2. The van der Waals surface area contributed by atoms with Crippen LogP contribution in [0.25, 0.3) is 0 Å². The lowest BCUT2D eigenvalue weighted by molar-refractivity contribution is -0.122. The second-order valence-corrected chi connectivity index (χ2v) is 4.57. The van der Waals surface area contributed by atoms with Gasteiger partial charge < -0.3 is 10.6 Å². The molecule has 1 unspecified atom stereocenters. The maximum absolute atomic E-state index is 11.1. The lowest BCUT2D eigenvalue weighted by Gasteiger charge is -2.27. The van der Waals surface area contributed by atoms with Crippen LogP contribution in [-0.2, 0) is 9.59 Å². The maximum Gasteiger partial charge on any atom is 0.239 e. The minimum atomic E-state index is -0.145. The van der Waals surface area contributed by atoms with Gasteiger partial charge in [-0.3, -0.25) is 9.59 Å². The van der Waals surface area contributed by atoms with E-state index in [0.29, 0.717) is 18.9 Å². The third kappa shape index (κ3) is 5.56. The standard InChI is InChI=1S/C10H20N2O2/c1-8(10(2,3)4)5-12-9(14)6-11-7-13/h7-8H,5-6H2,1-4H3,(H,11,13)(H,12,14). The van der Waals surface area contributed by atoms with Crippen LogP contribution in [0.5, 0.6) is 0 Å². The lowest BCUT2D eigenvalue weighted by Crippen LogP contribution is -2.38. The molecule has 0 bridgehead atoms. The molecule has 0 heterocycles. The van der Waals surface area contributed by atoms with Crippen LogP contribution in [0.1, 0.15) is 27.7 Å². The molecule has 0 aromatic carbocycles. The van der Waals surface area contributed by atoms with Gasteiger partial charge in [0.05, 0.1) is 6.54 Å². The van der Waals surface area contributed by atoms with Gasteiger partial charge in [0.25, 0.3) is 0 Å². The van der Waals surface area contributed by atoms with Crippen molar-refractivity contribution in [2.45, 2.75) is 27.7 Å². The molecule has 0 radical (unpaired) electrons. The van der Waals surface area contributed by atoms with Crippen molar-refractivity contribution in [1.82, 2.24) is 10.6 Å². The molecule has 0 fully saturated rings. The number of rotatable bonds is 5. The highest BCUT2D eigenvalue weighted by Crippen LogP contribution is 2.24. The summed E-state index contributed by atoms with van der Waals surface area (Å²) in [5, 5.41) is 5.08. The summed E-state index contributed by atoms with van der Waals surface area (Å²) in [7, 11) is 0. The third-order valence-corrected chi connectivity index (χ3v) is 2.43. The SMILES string of the molecule is CC(CNC(=O)CNC=O)C(C)(C)C. The smallest absolute Gasteiger partial charge is 0.239 e. The summed E-state index contributed by atoms with van der Waals surface area (Å²) >= 11 is 0. The molecule has 14 heavy (non-hydrogen) atoms. The van der Waals surface area contributed by atoms with Crippen LogP contribution in [0.3, 0.4) is 0 Å². The molecule has 82 valence electrons. The predicted molar refractivity (Wildman–Crippen MR) is 55.7 cm³/mol.